The lowest BCUT2D eigenvalue weighted by molar-refractivity contribution is 0.976. The van der Waals surface area contributed by atoms with Gasteiger partial charge in [-0.25, -0.2) is 0 Å². The summed E-state index contributed by atoms with van der Waals surface area (Å²) in [7, 11) is 0. The Bertz CT molecular complexity index is 522. The van der Waals surface area contributed by atoms with Crippen LogP contribution in [0.25, 0.3) is 21.3 Å². The lowest BCUT2D eigenvalue weighted by atomic mass is 10.1. The monoisotopic (exact) mass is 201 g/mol. The van der Waals surface area contributed by atoms with Crippen molar-refractivity contribution < 1.29 is 0 Å². The number of aromatic amines is 1. The van der Waals surface area contributed by atoms with Gasteiger partial charge in [-0.3, -0.25) is 0 Å². The molecule has 3 N–H and O–H groups in total. The van der Waals surface area contributed by atoms with Crippen LogP contribution in [0.3, 0.4) is 0 Å². The SMILES string of the molecule is [N-]=[N+]=Nc1ccc2[nH]cc(CCN)c2c1. The van der Waals surface area contributed by atoms with Gasteiger partial charge >= 0.3 is 0 Å². The summed E-state index contributed by atoms with van der Waals surface area (Å²) in [6.07, 6.45) is 2.76. The van der Waals surface area contributed by atoms with Crippen LogP contribution in [0, 0.1) is 0 Å². The highest BCUT2D eigenvalue weighted by Gasteiger charge is 2.02. The zero-order valence-electron chi connectivity index (χ0n) is 8.14. The number of hydrogen-bond donors (Lipinski definition) is 2. The van der Waals surface area contributed by atoms with Crippen LogP contribution in [0.5, 0.6) is 0 Å². The van der Waals surface area contributed by atoms with E-state index in [-0.39, 0.29) is 0 Å². The molecule has 5 heteroatoms. The van der Waals surface area contributed by atoms with Crippen LogP contribution in [0.15, 0.2) is 29.5 Å². The van der Waals surface area contributed by atoms with Crippen molar-refractivity contribution in [2.75, 3.05) is 6.54 Å². The summed E-state index contributed by atoms with van der Waals surface area (Å²) < 4.78 is 0. The van der Waals surface area contributed by atoms with Gasteiger partial charge in [0.25, 0.3) is 0 Å². The van der Waals surface area contributed by atoms with Gasteiger partial charge < -0.3 is 10.7 Å². The summed E-state index contributed by atoms with van der Waals surface area (Å²) in [5.74, 6) is 0. The summed E-state index contributed by atoms with van der Waals surface area (Å²) in [4.78, 5) is 5.91. The van der Waals surface area contributed by atoms with E-state index >= 15 is 0 Å². The quantitative estimate of drug-likeness (QED) is 0.446. The molecule has 0 atom stereocenters. The maximum absolute atomic E-state index is 8.35. The first-order chi connectivity index (χ1) is 7.35. The van der Waals surface area contributed by atoms with Gasteiger partial charge in [-0.1, -0.05) is 11.2 Å². The number of benzene rings is 1. The van der Waals surface area contributed by atoms with Gasteiger partial charge in [0.05, 0.1) is 0 Å². The van der Waals surface area contributed by atoms with Crippen molar-refractivity contribution in [2.45, 2.75) is 6.42 Å². The fourth-order valence-corrected chi connectivity index (χ4v) is 1.64. The molecule has 15 heavy (non-hydrogen) atoms. The summed E-state index contributed by atoms with van der Waals surface area (Å²) in [5.41, 5.74) is 16.7. The molecule has 0 saturated carbocycles. The van der Waals surface area contributed by atoms with E-state index in [0.717, 1.165) is 22.9 Å². The molecule has 0 aliphatic heterocycles. The van der Waals surface area contributed by atoms with Gasteiger partial charge in [0.2, 0.25) is 0 Å². The molecular weight excluding hydrogens is 190 g/mol. The molecular formula is C10H11N5. The predicted molar refractivity (Wildman–Crippen MR) is 59.9 cm³/mol. The molecule has 0 aliphatic rings. The van der Waals surface area contributed by atoms with E-state index in [1.54, 1.807) is 6.07 Å². The van der Waals surface area contributed by atoms with Crippen molar-refractivity contribution in [1.82, 2.24) is 4.98 Å². The number of rotatable bonds is 3. The van der Waals surface area contributed by atoms with Crippen molar-refractivity contribution >= 4 is 16.6 Å². The third kappa shape index (κ3) is 1.79. The molecule has 0 amide bonds. The first kappa shape index (κ1) is 9.58. The molecule has 1 aromatic carbocycles. The molecule has 2 rings (SSSR count). The van der Waals surface area contributed by atoms with E-state index in [1.165, 1.54) is 0 Å². The summed E-state index contributed by atoms with van der Waals surface area (Å²) in [6, 6.07) is 5.56. The maximum atomic E-state index is 8.35. The molecule has 0 spiro atoms. The molecule has 0 saturated heterocycles. The van der Waals surface area contributed by atoms with Gasteiger partial charge in [0, 0.05) is 27.7 Å². The lowest BCUT2D eigenvalue weighted by Gasteiger charge is -1.96. The van der Waals surface area contributed by atoms with Gasteiger partial charge in [-0.05, 0) is 36.2 Å². The minimum atomic E-state index is 0.610. The molecule has 0 radical (unpaired) electrons. The van der Waals surface area contributed by atoms with Crippen molar-refractivity contribution in [3.05, 3.63) is 40.4 Å². The predicted octanol–water partition coefficient (Wildman–Crippen LogP) is 2.61. The summed E-state index contributed by atoms with van der Waals surface area (Å²) in [5, 5.41) is 4.65. The number of aromatic nitrogens is 1. The number of hydrogen-bond acceptors (Lipinski definition) is 2. The Morgan fingerprint density at radius 2 is 2.33 bits per heavy atom. The third-order valence-electron chi connectivity index (χ3n) is 2.32. The third-order valence-corrected chi connectivity index (χ3v) is 2.32. The van der Waals surface area contributed by atoms with Gasteiger partial charge in [0.15, 0.2) is 0 Å². The highest BCUT2D eigenvalue weighted by atomic mass is 15.1. The van der Waals surface area contributed by atoms with Crippen molar-refractivity contribution in [3.63, 3.8) is 0 Å². The van der Waals surface area contributed by atoms with E-state index in [4.69, 9.17) is 11.3 Å². The summed E-state index contributed by atoms with van der Waals surface area (Å²) in [6.45, 7) is 0.610. The van der Waals surface area contributed by atoms with Gasteiger partial charge in [0.1, 0.15) is 0 Å². The Kier molecular flexibility index (Phi) is 2.58. The molecule has 0 bridgehead atoms. The number of nitrogens with two attached hydrogens (primary N) is 1. The number of fused-ring (bicyclic) bond motifs is 1. The molecule has 5 nitrogen and oxygen atoms in total. The summed E-state index contributed by atoms with van der Waals surface area (Å²) >= 11 is 0. The normalized spacial score (nSPS) is 10.2. The molecule has 2 aromatic rings. The largest absolute Gasteiger partial charge is 0.361 e. The highest BCUT2D eigenvalue weighted by molar-refractivity contribution is 5.85. The fourth-order valence-electron chi connectivity index (χ4n) is 1.64. The smallest absolute Gasteiger partial charge is 0.0457 e. The highest BCUT2D eigenvalue weighted by Crippen LogP contribution is 2.24. The molecule has 1 heterocycles. The topological polar surface area (TPSA) is 90.6 Å². The lowest BCUT2D eigenvalue weighted by Crippen LogP contribution is -2.01. The van der Waals surface area contributed by atoms with E-state index in [2.05, 4.69) is 15.0 Å². The molecule has 76 valence electrons. The van der Waals surface area contributed by atoms with Gasteiger partial charge in [-0.15, -0.1) is 0 Å². The van der Waals surface area contributed by atoms with Crippen LogP contribution < -0.4 is 5.73 Å². The average molecular weight is 201 g/mol. The van der Waals surface area contributed by atoms with Crippen LogP contribution >= 0.6 is 0 Å². The molecule has 0 unspecified atom stereocenters. The zero-order valence-corrected chi connectivity index (χ0v) is 8.14. The van der Waals surface area contributed by atoms with Gasteiger partial charge in [-0.2, -0.15) is 0 Å². The molecule has 0 fully saturated rings. The second kappa shape index (κ2) is 4.04. The average Bonchev–Trinajstić information content (AvgIpc) is 2.63. The van der Waals surface area contributed by atoms with E-state index in [1.807, 2.05) is 18.3 Å². The Hall–Kier alpha value is -1.97. The number of nitrogens with zero attached hydrogens (tertiary/aromatic N) is 3. The minimum absolute atomic E-state index is 0.610. The van der Waals surface area contributed by atoms with Crippen LogP contribution in [-0.2, 0) is 6.42 Å². The van der Waals surface area contributed by atoms with Crippen LogP contribution in [-0.4, -0.2) is 11.5 Å². The van der Waals surface area contributed by atoms with E-state index in [9.17, 15) is 0 Å². The van der Waals surface area contributed by atoms with E-state index in [0.29, 0.717) is 12.2 Å². The second-order valence-corrected chi connectivity index (χ2v) is 3.27. The standard InChI is InChI=1S/C10H11N5/c11-4-3-7-6-13-10-2-1-8(14-15-12)5-9(7)10/h1-2,5-6,13H,3-4,11H2. The minimum Gasteiger partial charge on any atom is -0.361 e. The zero-order chi connectivity index (χ0) is 10.7. The Labute approximate surface area is 86.5 Å². The van der Waals surface area contributed by atoms with Crippen LogP contribution in [0.2, 0.25) is 0 Å². The fraction of sp³-hybridized carbons (Fsp3) is 0.200. The van der Waals surface area contributed by atoms with Crippen LogP contribution in [0.4, 0.5) is 5.69 Å². The molecule has 1 aromatic heterocycles. The second-order valence-electron chi connectivity index (χ2n) is 3.27. The number of H-pyrrole nitrogens is 1. The maximum Gasteiger partial charge on any atom is 0.0457 e. The van der Waals surface area contributed by atoms with Crippen LogP contribution in [0.1, 0.15) is 5.56 Å². The first-order valence-electron chi connectivity index (χ1n) is 4.70. The Morgan fingerprint density at radius 1 is 1.47 bits per heavy atom. The Balaban J connectivity index is 2.55. The van der Waals surface area contributed by atoms with E-state index < -0.39 is 0 Å². The van der Waals surface area contributed by atoms with Crippen molar-refractivity contribution in [2.24, 2.45) is 10.8 Å². The number of nitrogens with one attached hydrogen (secondary N) is 1. The first-order valence-corrected chi connectivity index (χ1v) is 4.70. The number of azide groups is 1. The molecule has 0 aliphatic carbocycles. The Morgan fingerprint density at radius 3 is 3.07 bits per heavy atom. The van der Waals surface area contributed by atoms with Crippen molar-refractivity contribution in [1.29, 1.82) is 0 Å². The van der Waals surface area contributed by atoms with Crippen molar-refractivity contribution in [3.8, 4) is 0 Å².